The second-order valence-electron chi connectivity index (χ2n) is 7.16. The van der Waals surface area contributed by atoms with Crippen LogP contribution >= 0.6 is 15.9 Å². The van der Waals surface area contributed by atoms with Crippen LogP contribution in [0.4, 0.5) is 40.8 Å². The Morgan fingerprint density at radius 1 is 0.778 bits per heavy atom. The van der Waals surface area contributed by atoms with Crippen LogP contribution < -0.4 is 14.4 Å². The lowest BCUT2D eigenvalue weighted by Gasteiger charge is -2.22. The molecule has 2 amide bonds. The Morgan fingerprint density at radius 3 is 1.78 bits per heavy atom. The molecule has 0 saturated carbocycles. The molecule has 36 heavy (non-hydrogen) atoms. The normalized spacial score (nSPS) is 13.8. The molecule has 0 bridgehead atoms. The van der Waals surface area contributed by atoms with Crippen molar-refractivity contribution < 1.29 is 54.2 Å². The molecule has 1 heterocycles. The first-order valence-electron chi connectivity index (χ1n) is 9.48. The molecular weight excluding hydrogens is 574 g/mol. The minimum absolute atomic E-state index is 0.0604. The van der Waals surface area contributed by atoms with E-state index in [1.807, 2.05) is 0 Å². The van der Waals surface area contributed by atoms with Crippen molar-refractivity contribution in [2.75, 3.05) is 4.90 Å². The minimum atomic E-state index is -5.20. The van der Waals surface area contributed by atoms with Crippen molar-refractivity contribution in [1.29, 1.82) is 0 Å². The van der Waals surface area contributed by atoms with Gasteiger partial charge < -0.3 is 9.47 Å². The van der Waals surface area contributed by atoms with Crippen molar-refractivity contribution in [3.63, 3.8) is 0 Å². The summed E-state index contributed by atoms with van der Waals surface area (Å²) in [6.45, 7) is 0. The number of alkyl halides is 6. The maximum atomic E-state index is 14.4. The maximum absolute atomic E-state index is 14.4. The standard InChI is InChI=1S/C22H8BrF8NO4/c23-13-7-10(36-22(29,30)31)8-16(32-19(33)11-3-1-2-4-12(11)20(32)34)17(13)35-18-14(24)5-9(6-15(18)25)21(26,27)28/h1-8H. The van der Waals surface area contributed by atoms with Gasteiger partial charge in [-0.2, -0.15) is 13.2 Å². The SMILES string of the molecule is O=C1c2ccccc2C(=O)N1c1cc(OC(F)(F)F)cc(Br)c1Oc1c(F)cc(C(F)(F)F)cc1F. The molecule has 1 aliphatic heterocycles. The van der Waals surface area contributed by atoms with Gasteiger partial charge in [0.25, 0.3) is 11.8 Å². The van der Waals surface area contributed by atoms with Gasteiger partial charge in [0, 0.05) is 6.07 Å². The lowest BCUT2D eigenvalue weighted by molar-refractivity contribution is -0.274. The molecule has 0 radical (unpaired) electrons. The Hall–Kier alpha value is -3.68. The average Bonchev–Trinajstić information content (AvgIpc) is 3.00. The number of benzene rings is 3. The number of amides is 2. The molecule has 0 spiro atoms. The van der Waals surface area contributed by atoms with E-state index in [1.54, 1.807) is 0 Å². The van der Waals surface area contributed by atoms with Gasteiger partial charge in [-0.15, -0.1) is 13.2 Å². The number of carbonyl (C=O) groups is 2. The number of fused-ring (bicyclic) bond motifs is 1. The molecule has 1 aliphatic rings. The van der Waals surface area contributed by atoms with E-state index in [9.17, 15) is 44.7 Å². The van der Waals surface area contributed by atoms with Crippen LogP contribution in [-0.4, -0.2) is 18.2 Å². The Morgan fingerprint density at radius 2 is 1.31 bits per heavy atom. The van der Waals surface area contributed by atoms with E-state index in [2.05, 4.69) is 20.7 Å². The van der Waals surface area contributed by atoms with Gasteiger partial charge in [-0.3, -0.25) is 9.59 Å². The number of rotatable bonds is 4. The van der Waals surface area contributed by atoms with Gasteiger partial charge in [-0.1, -0.05) is 12.1 Å². The predicted octanol–water partition coefficient (Wildman–Crippen LogP) is 7.24. The summed E-state index contributed by atoms with van der Waals surface area (Å²) >= 11 is 2.83. The number of nitrogens with zero attached hydrogens (tertiary/aromatic N) is 1. The summed E-state index contributed by atoms with van der Waals surface area (Å²) in [5.41, 5.74) is -2.65. The van der Waals surface area contributed by atoms with E-state index in [0.29, 0.717) is 17.0 Å². The summed E-state index contributed by atoms with van der Waals surface area (Å²) in [6.07, 6.45) is -10.3. The third-order valence-electron chi connectivity index (χ3n) is 4.80. The van der Waals surface area contributed by atoms with Crippen LogP contribution in [0, 0.1) is 11.6 Å². The fraction of sp³-hybridized carbons (Fsp3) is 0.0909. The molecule has 0 unspecified atom stereocenters. The molecule has 188 valence electrons. The summed E-state index contributed by atoms with van der Waals surface area (Å²) in [6, 6.07) is 6.44. The van der Waals surface area contributed by atoms with Crippen molar-refractivity contribution in [2.45, 2.75) is 12.5 Å². The van der Waals surface area contributed by atoms with Crippen molar-refractivity contribution in [3.8, 4) is 17.2 Å². The van der Waals surface area contributed by atoms with Crippen molar-refractivity contribution >= 4 is 33.4 Å². The summed E-state index contributed by atoms with van der Waals surface area (Å²) in [4.78, 5) is 26.2. The van der Waals surface area contributed by atoms with Crippen LogP contribution in [0.25, 0.3) is 0 Å². The van der Waals surface area contributed by atoms with Gasteiger partial charge >= 0.3 is 12.5 Å². The highest BCUT2D eigenvalue weighted by molar-refractivity contribution is 9.10. The molecule has 0 saturated heterocycles. The predicted molar refractivity (Wildman–Crippen MR) is 110 cm³/mol. The molecule has 14 heteroatoms. The average molecular weight is 582 g/mol. The zero-order valence-corrected chi connectivity index (χ0v) is 18.7. The number of hydrogen-bond donors (Lipinski definition) is 0. The third-order valence-corrected chi connectivity index (χ3v) is 5.38. The van der Waals surface area contributed by atoms with Crippen LogP contribution in [0.5, 0.6) is 17.2 Å². The van der Waals surface area contributed by atoms with Gasteiger partial charge in [0.1, 0.15) is 5.75 Å². The van der Waals surface area contributed by atoms with E-state index >= 15 is 0 Å². The Labute approximate surface area is 204 Å². The molecule has 3 aromatic carbocycles. The second kappa shape index (κ2) is 8.76. The topological polar surface area (TPSA) is 55.8 Å². The first kappa shape index (κ1) is 25.4. The van der Waals surface area contributed by atoms with Crippen molar-refractivity contribution in [3.05, 3.63) is 81.3 Å². The number of carbonyl (C=O) groups excluding carboxylic acids is 2. The second-order valence-corrected chi connectivity index (χ2v) is 8.02. The van der Waals surface area contributed by atoms with Crippen molar-refractivity contribution in [1.82, 2.24) is 0 Å². The third kappa shape index (κ3) is 4.72. The molecule has 0 fully saturated rings. The maximum Gasteiger partial charge on any atom is 0.573 e. The number of hydrogen-bond acceptors (Lipinski definition) is 4. The molecule has 5 nitrogen and oxygen atoms in total. The summed E-state index contributed by atoms with van der Waals surface area (Å²) in [5.74, 6) is -8.70. The van der Waals surface area contributed by atoms with Gasteiger partial charge in [0.15, 0.2) is 23.1 Å². The van der Waals surface area contributed by atoms with E-state index in [1.165, 1.54) is 24.3 Å². The summed E-state index contributed by atoms with van der Waals surface area (Å²) in [7, 11) is 0. The Bertz CT molecular complexity index is 1350. The molecule has 0 atom stereocenters. The number of imide groups is 1. The van der Waals surface area contributed by atoms with E-state index in [0.717, 1.165) is 0 Å². The lowest BCUT2D eigenvalue weighted by atomic mass is 10.1. The van der Waals surface area contributed by atoms with Gasteiger partial charge in [0.05, 0.1) is 26.9 Å². The first-order chi connectivity index (χ1) is 16.7. The van der Waals surface area contributed by atoms with E-state index in [4.69, 9.17) is 4.74 Å². The van der Waals surface area contributed by atoms with Crippen LogP contribution in [0.1, 0.15) is 26.3 Å². The zero-order chi connectivity index (χ0) is 26.6. The van der Waals surface area contributed by atoms with Gasteiger partial charge in [-0.25, -0.2) is 13.7 Å². The first-order valence-corrected chi connectivity index (χ1v) is 10.3. The highest BCUT2D eigenvalue weighted by Crippen LogP contribution is 2.46. The molecule has 0 N–H and O–H groups in total. The monoisotopic (exact) mass is 581 g/mol. The summed E-state index contributed by atoms with van der Waals surface area (Å²) in [5, 5.41) is 0. The van der Waals surface area contributed by atoms with Crippen LogP contribution in [0.15, 0.2) is 53.0 Å². The van der Waals surface area contributed by atoms with Crippen LogP contribution in [0.2, 0.25) is 0 Å². The number of halogens is 9. The quantitative estimate of drug-likeness (QED) is 0.241. The minimum Gasteiger partial charge on any atom is -0.448 e. The molecule has 0 aliphatic carbocycles. The number of ether oxygens (including phenoxy) is 2. The molecule has 4 rings (SSSR count). The van der Waals surface area contributed by atoms with E-state index in [-0.39, 0.29) is 23.3 Å². The Kier molecular flexibility index (Phi) is 6.19. The smallest absolute Gasteiger partial charge is 0.448 e. The molecule has 0 aromatic heterocycles. The highest BCUT2D eigenvalue weighted by atomic mass is 79.9. The fourth-order valence-corrected chi connectivity index (χ4v) is 3.86. The van der Waals surface area contributed by atoms with Gasteiger partial charge in [0.2, 0.25) is 0 Å². The summed E-state index contributed by atoms with van der Waals surface area (Å²) < 4.78 is 114. The highest BCUT2D eigenvalue weighted by Gasteiger charge is 2.40. The fourth-order valence-electron chi connectivity index (χ4n) is 3.35. The van der Waals surface area contributed by atoms with Crippen LogP contribution in [-0.2, 0) is 6.18 Å². The lowest BCUT2D eigenvalue weighted by Crippen LogP contribution is -2.30. The zero-order valence-electron chi connectivity index (χ0n) is 17.1. The Balaban J connectivity index is 1.87. The van der Waals surface area contributed by atoms with Crippen LogP contribution in [0.3, 0.4) is 0 Å². The molecular formula is C22H8BrF8NO4. The molecule has 3 aromatic rings. The largest absolute Gasteiger partial charge is 0.573 e. The van der Waals surface area contributed by atoms with Crippen molar-refractivity contribution in [2.24, 2.45) is 0 Å². The van der Waals surface area contributed by atoms with E-state index < -0.39 is 69.0 Å². The van der Waals surface area contributed by atoms with Gasteiger partial charge in [-0.05, 0) is 46.3 Å². The number of anilines is 1.